The molecule has 3 atom stereocenters. The molecule has 4 heteroatoms. The molecule has 2 saturated heterocycles. The lowest BCUT2D eigenvalue weighted by Crippen LogP contribution is -2.68. The number of nitrogens with two attached hydrogens (primary N) is 1. The summed E-state index contributed by atoms with van der Waals surface area (Å²) in [5, 5.41) is 0. The minimum Gasteiger partial charge on any atom is -0.444 e. The van der Waals surface area contributed by atoms with Crippen LogP contribution >= 0.6 is 0 Å². The zero-order chi connectivity index (χ0) is 11.2. The Labute approximate surface area is 90.8 Å². The van der Waals surface area contributed by atoms with Crippen molar-refractivity contribution in [3.8, 4) is 0 Å². The second kappa shape index (κ2) is 3.37. The molecule has 1 aliphatic carbocycles. The van der Waals surface area contributed by atoms with E-state index in [0.717, 1.165) is 19.3 Å². The SMILES string of the molecule is CC(C)(C)OC(=O)N1C2CCC(N)C1C2. The minimum absolute atomic E-state index is 0.141. The maximum atomic E-state index is 11.8. The summed E-state index contributed by atoms with van der Waals surface area (Å²) in [6.07, 6.45) is 2.92. The number of carbonyl (C=O) groups excluding carboxylic acids is 1. The third-order valence-electron chi connectivity index (χ3n) is 3.20. The summed E-state index contributed by atoms with van der Waals surface area (Å²) < 4.78 is 5.36. The maximum absolute atomic E-state index is 11.8. The summed E-state index contributed by atoms with van der Waals surface area (Å²) in [6, 6.07) is 0.741. The van der Waals surface area contributed by atoms with Crippen LogP contribution in [0.3, 0.4) is 0 Å². The minimum atomic E-state index is -0.412. The van der Waals surface area contributed by atoms with Crippen molar-refractivity contribution >= 4 is 6.09 Å². The number of amides is 1. The van der Waals surface area contributed by atoms with Gasteiger partial charge in [0.25, 0.3) is 0 Å². The standard InChI is InChI=1S/C11H20N2O2/c1-11(2,3)15-10(14)13-7-4-5-8(12)9(13)6-7/h7-9H,4-6,12H2,1-3H3. The quantitative estimate of drug-likeness (QED) is 0.661. The first kappa shape index (κ1) is 10.7. The van der Waals surface area contributed by atoms with E-state index in [2.05, 4.69) is 0 Å². The van der Waals surface area contributed by atoms with E-state index < -0.39 is 5.60 Å². The summed E-state index contributed by atoms with van der Waals surface area (Å²) >= 11 is 0. The summed E-state index contributed by atoms with van der Waals surface area (Å²) in [5.41, 5.74) is 5.55. The Morgan fingerprint density at radius 3 is 2.53 bits per heavy atom. The Morgan fingerprint density at radius 1 is 1.40 bits per heavy atom. The number of nitrogens with zero attached hydrogens (tertiary/aromatic N) is 1. The number of piperidine rings is 1. The molecule has 0 aromatic carbocycles. The van der Waals surface area contributed by atoms with Crippen molar-refractivity contribution in [2.24, 2.45) is 5.73 Å². The van der Waals surface area contributed by atoms with E-state index in [0.29, 0.717) is 6.04 Å². The Kier molecular flexibility index (Phi) is 2.41. The highest BCUT2D eigenvalue weighted by atomic mass is 16.6. The first-order chi connectivity index (χ1) is 6.88. The zero-order valence-electron chi connectivity index (χ0n) is 9.69. The zero-order valence-corrected chi connectivity index (χ0v) is 9.69. The van der Waals surface area contributed by atoms with Crippen molar-refractivity contribution in [1.82, 2.24) is 4.90 Å². The molecule has 3 fully saturated rings. The number of fused-ring (bicyclic) bond motifs is 2. The largest absolute Gasteiger partial charge is 0.444 e. The average molecular weight is 212 g/mol. The van der Waals surface area contributed by atoms with Crippen LogP contribution in [0.25, 0.3) is 0 Å². The Hall–Kier alpha value is -0.770. The molecule has 2 heterocycles. The van der Waals surface area contributed by atoms with Gasteiger partial charge < -0.3 is 15.4 Å². The first-order valence-electron chi connectivity index (χ1n) is 5.65. The summed E-state index contributed by atoms with van der Waals surface area (Å²) in [4.78, 5) is 13.7. The van der Waals surface area contributed by atoms with Crippen molar-refractivity contribution in [3.05, 3.63) is 0 Å². The Balaban J connectivity index is 1.98. The molecule has 86 valence electrons. The number of hydrogen-bond acceptors (Lipinski definition) is 3. The van der Waals surface area contributed by atoms with Crippen LogP contribution in [0.15, 0.2) is 0 Å². The third kappa shape index (κ3) is 1.95. The summed E-state index contributed by atoms with van der Waals surface area (Å²) in [5.74, 6) is 0. The van der Waals surface area contributed by atoms with Crippen LogP contribution in [-0.2, 0) is 4.74 Å². The molecule has 0 spiro atoms. The van der Waals surface area contributed by atoms with E-state index in [1.165, 1.54) is 0 Å². The molecular formula is C11H20N2O2. The van der Waals surface area contributed by atoms with Gasteiger partial charge in [-0.25, -0.2) is 4.79 Å². The topological polar surface area (TPSA) is 55.6 Å². The molecule has 2 bridgehead atoms. The van der Waals surface area contributed by atoms with Crippen LogP contribution < -0.4 is 5.73 Å². The van der Waals surface area contributed by atoms with Gasteiger partial charge in [0.1, 0.15) is 5.60 Å². The first-order valence-corrected chi connectivity index (χ1v) is 5.65. The van der Waals surface area contributed by atoms with Gasteiger partial charge in [-0.3, -0.25) is 0 Å². The maximum Gasteiger partial charge on any atom is 0.410 e. The van der Waals surface area contributed by atoms with Crippen molar-refractivity contribution in [2.75, 3.05) is 0 Å². The van der Waals surface area contributed by atoms with Gasteiger partial charge in [0.2, 0.25) is 0 Å². The second-order valence-electron chi connectivity index (χ2n) is 5.59. The lowest BCUT2D eigenvalue weighted by Gasteiger charge is -2.55. The van der Waals surface area contributed by atoms with Gasteiger partial charge in [0.05, 0.1) is 6.04 Å². The van der Waals surface area contributed by atoms with Crippen LogP contribution in [0.4, 0.5) is 4.79 Å². The number of rotatable bonds is 0. The molecule has 1 amide bonds. The van der Waals surface area contributed by atoms with Crippen molar-refractivity contribution < 1.29 is 9.53 Å². The van der Waals surface area contributed by atoms with Gasteiger partial charge in [-0.2, -0.15) is 0 Å². The van der Waals surface area contributed by atoms with E-state index in [4.69, 9.17) is 10.5 Å². The molecule has 0 aromatic rings. The molecule has 0 aromatic heterocycles. The predicted molar refractivity (Wildman–Crippen MR) is 57.5 cm³/mol. The number of carbonyl (C=O) groups is 1. The lowest BCUT2D eigenvalue weighted by molar-refractivity contribution is -0.0584. The highest BCUT2D eigenvalue weighted by molar-refractivity contribution is 5.70. The highest BCUT2D eigenvalue weighted by Crippen LogP contribution is 2.38. The van der Waals surface area contributed by atoms with Gasteiger partial charge in [-0.1, -0.05) is 0 Å². The summed E-state index contributed by atoms with van der Waals surface area (Å²) in [6.45, 7) is 5.67. The van der Waals surface area contributed by atoms with Gasteiger partial charge in [0.15, 0.2) is 0 Å². The van der Waals surface area contributed by atoms with E-state index in [-0.39, 0.29) is 18.2 Å². The molecule has 1 saturated carbocycles. The molecule has 4 nitrogen and oxygen atoms in total. The smallest absolute Gasteiger partial charge is 0.410 e. The highest BCUT2D eigenvalue weighted by Gasteiger charge is 2.49. The van der Waals surface area contributed by atoms with Crippen molar-refractivity contribution in [3.63, 3.8) is 0 Å². The van der Waals surface area contributed by atoms with Crippen LogP contribution in [0.2, 0.25) is 0 Å². The van der Waals surface area contributed by atoms with Crippen molar-refractivity contribution in [2.45, 2.75) is 63.8 Å². The second-order valence-corrected chi connectivity index (χ2v) is 5.59. The fourth-order valence-electron chi connectivity index (χ4n) is 2.45. The van der Waals surface area contributed by atoms with Gasteiger partial charge in [-0.05, 0) is 40.0 Å². The average Bonchev–Trinajstić information content (AvgIpc) is 1.98. The fraction of sp³-hybridized carbons (Fsp3) is 0.909. The molecular weight excluding hydrogens is 192 g/mol. The monoisotopic (exact) mass is 212 g/mol. The molecule has 2 aliphatic heterocycles. The van der Waals surface area contributed by atoms with Crippen molar-refractivity contribution in [1.29, 1.82) is 0 Å². The number of hydrogen-bond donors (Lipinski definition) is 1. The van der Waals surface area contributed by atoms with Crippen LogP contribution in [-0.4, -0.2) is 34.7 Å². The molecule has 2 N–H and O–H groups in total. The van der Waals surface area contributed by atoms with E-state index >= 15 is 0 Å². The van der Waals surface area contributed by atoms with Gasteiger partial charge in [0, 0.05) is 12.1 Å². The normalized spacial score (nSPS) is 34.7. The Morgan fingerprint density at radius 2 is 2.07 bits per heavy atom. The molecule has 0 radical (unpaired) electrons. The fourth-order valence-corrected chi connectivity index (χ4v) is 2.45. The van der Waals surface area contributed by atoms with Gasteiger partial charge >= 0.3 is 6.09 Å². The van der Waals surface area contributed by atoms with E-state index in [1.54, 1.807) is 0 Å². The Bertz CT molecular complexity index is 270. The molecule has 3 aliphatic rings. The third-order valence-corrected chi connectivity index (χ3v) is 3.20. The van der Waals surface area contributed by atoms with Crippen LogP contribution in [0.5, 0.6) is 0 Å². The molecule has 3 rings (SSSR count). The number of ether oxygens (including phenoxy) is 1. The van der Waals surface area contributed by atoms with E-state index in [1.807, 2.05) is 25.7 Å². The van der Waals surface area contributed by atoms with Crippen LogP contribution in [0.1, 0.15) is 40.0 Å². The molecule has 3 unspecified atom stereocenters. The molecule has 15 heavy (non-hydrogen) atoms. The predicted octanol–water partition coefficient (Wildman–Crippen LogP) is 1.49. The van der Waals surface area contributed by atoms with Gasteiger partial charge in [-0.15, -0.1) is 0 Å². The summed E-state index contributed by atoms with van der Waals surface area (Å²) in [7, 11) is 0. The lowest BCUT2D eigenvalue weighted by atomic mass is 9.77. The van der Waals surface area contributed by atoms with E-state index in [9.17, 15) is 4.79 Å². The van der Waals surface area contributed by atoms with Crippen LogP contribution in [0, 0.1) is 0 Å².